The molecule has 1 unspecified atom stereocenters. The maximum atomic E-state index is 13.0. The normalized spacial score (nSPS) is 23.7. The van der Waals surface area contributed by atoms with Gasteiger partial charge < -0.3 is 14.5 Å². The van der Waals surface area contributed by atoms with Crippen molar-refractivity contribution in [1.82, 2.24) is 15.1 Å². The number of likely N-dealkylation sites (tertiary alicyclic amines) is 1. The van der Waals surface area contributed by atoms with Gasteiger partial charge in [-0.05, 0) is 57.2 Å². The summed E-state index contributed by atoms with van der Waals surface area (Å²) in [6, 6.07) is 5.08. The van der Waals surface area contributed by atoms with Gasteiger partial charge in [-0.2, -0.15) is 0 Å². The third-order valence-electron chi connectivity index (χ3n) is 6.89. The molecule has 2 saturated heterocycles. The van der Waals surface area contributed by atoms with Gasteiger partial charge >= 0.3 is 6.09 Å². The van der Waals surface area contributed by atoms with Crippen molar-refractivity contribution in [3.8, 4) is 0 Å². The van der Waals surface area contributed by atoms with Gasteiger partial charge in [0.1, 0.15) is 11.6 Å². The second-order valence-electron chi connectivity index (χ2n) is 10.8. The predicted octanol–water partition coefficient (Wildman–Crippen LogP) is 2.86. The van der Waals surface area contributed by atoms with E-state index in [0.29, 0.717) is 31.6 Å². The van der Waals surface area contributed by atoms with Crippen LogP contribution in [0.15, 0.2) is 23.8 Å². The Morgan fingerprint density at radius 1 is 1.18 bits per heavy atom. The van der Waals surface area contributed by atoms with Crippen LogP contribution in [0.1, 0.15) is 67.9 Å². The first-order valence-corrected chi connectivity index (χ1v) is 11.5. The molecule has 1 aromatic carbocycles. The molecule has 3 heterocycles. The lowest BCUT2D eigenvalue weighted by molar-refractivity contribution is -0.136. The van der Waals surface area contributed by atoms with Crippen LogP contribution in [0.25, 0.3) is 6.08 Å². The highest BCUT2D eigenvalue weighted by Crippen LogP contribution is 2.52. The van der Waals surface area contributed by atoms with Gasteiger partial charge in [0.25, 0.3) is 5.91 Å². The van der Waals surface area contributed by atoms with Crippen molar-refractivity contribution >= 4 is 29.9 Å². The van der Waals surface area contributed by atoms with E-state index in [1.54, 1.807) is 15.9 Å². The summed E-state index contributed by atoms with van der Waals surface area (Å²) < 4.78 is 5.45. The molecule has 4 aliphatic rings. The highest BCUT2D eigenvalue weighted by Gasteiger charge is 2.52. The number of hydrogen-bond acceptors (Lipinski definition) is 5. The van der Waals surface area contributed by atoms with E-state index < -0.39 is 17.6 Å². The van der Waals surface area contributed by atoms with Crippen molar-refractivity contribution in [1.29, 1.82) is 0 Å². The van der Waals surface area contributed by atoms with Crippen LogP contribution < -0.4 is 5.32 Å². The first-order valence-electron chi connectivity index (χ1n) is 11.5. The Bertz CT molecular complexity index is 1080. The van der Waals surface area contributed by atoms with Crippen LogP contribution in [-0.2, 0) is 20.9 Å². The van der Waals surface area contributed by atoms with E-state index in [4.69, 9.17) is 4.74 Å². The summed E-state index contributed by atoms with van der Waals surface area (Å²) >= 11 is 0. The first kappa shape index (κ1) is 21.7. The summed E-state index contributed by atoms with van der Waals surface area (Å²) in [7, 11) is 0. The van der Waals surface area contributed by atoms with Crippen molar-refractivity contribution in [2.45, 2.75) is 64.6 Å². The van der Waals surface area contributed by atoms with Crippen LogP contribution in [0.3, 0.4) is 0 Å². The Morgan fingerprint density at radius 2 is 1.91 bits per heavy atom. The Morgan fingerprint density at radius 3 is 2.58 bits per heavy atom. The average molecular weight is 452 g/mol. The number of nitrogens with one attached hydrogen (secondary N) is 1. The maximum Gasteiger partial charge on any atom is 0.410 e. The molecule has 0 aromatic heterocycles. The fourth-order valence-electron chi connectivity index (χ4n) is 5.42. The number of nitrogens with zero attached hydrogens (tertiary/aromatic N) is 2. The lowest BCUT2D eigenvalue weighted by Gasteiger charge is -2.56. The van der Waals surface area contributed by atoms with Crippen molar-refractivity contribution in [2.24, 2.45) is 5.41 Å². The molecule has 3 aliphatic heterocycles. The number of amides is 4. The zero-order valence-electron chi connectivity index (χ0n) is 19.3. The minimum Gasteiger partial charge on any atom is -0.444 e. The van der Waals surface area contributed by atoms with Gasteiger partial charge in [0.05, 0.1) is 0 Å². The van der Waals surface area contributed by atoms with Gasteiger partial charge in [-0.15, -0.1) is 0 Å². The molecule has 3 fully saturated rings. The molecule has 174 valence electrons. The number of carbonyl (C=O) groups excluding carboxylic acids is 4. The van der Waals surface area contributed by atoms with Crippen LogP contribution in [0.5, 0.6) is 0 Å². The number of carbonyl (C=O) groups is 4. The monoisotopic (exact) mass is 451 g/mol. The van der Waals surface area contributed by atoms with Crippen molar-refractivity contribution in [3.05, 3.63) is 40.5 Å². The number of hydrogen-bond donors (Lipinski definition) is 1. The van der Waals surface area contributed by atoms with E-state index in [0.717, 1.165) is 24.0 Å². The summed E-state index contributed by atoms with van der Waals surface area (Å²) in [4.78, 5) is 52.3. The van der Waals surface area contributed by atoms with Crippen molar-refractivity contribution in [3.63, 3.8) is 0 Å². The Balaban J connectivity index is 1.24. The predicted molar refractivity (Wildman–Crippen MR) is 120 cm³/mol. The summed E-state index contributed by atoms with van der Waals surface area (Å²) in [5, 5.41) is 2.34. The fourth-order valence-corrected chi connectivity index (χ4v) is 5.42. The molecule has 1 atom stereocenters. The molecular formula is C25H29N3O5. The van der Waals surface area contributed by atoms with Crippen LogP contribution in [0.2, 0.25) is 0 Å². The van der Waals surface area contributed by atoms with Gasteiger partial charge in [-0.25, -0.2) is 4.79 Å². The minimum atomic E-state index is -0.608. The third-order valence-corrected chi connectivity index (χ3v) is 6.89. The minimum absolute atomic E-state index is 0.148. The lowest BCUT2D eigenvalue weighted by atomic mass is 9.60. The molecule has 33 heavy (non-hydrogen) atoms. The summed E-state index contributed by atoms with van der Waals surface area (Å²) in [6.45, 7) is 7.42. The molecule has 1 aliphatic carbocycles. The Labute approximate surface area is 192 Å². The number of imide groups is 1. The van der Waals surface area contributed by atoms with Gasteiger partial charge in [0.2, 0.25) is 11.8 Å². The molecular weight excluding hydrogens is 422 g/mol. The van der Waals surface area contributed by atoms with E-state index in [1.165, 1.54) is 5.57 Å². The Hall–Kier alpha value is -3.16. The standard InChI is InChI=1S/C25H29N3O5/c1-24(2,3)33-23(32)27-13-25(14-27)10-15(11-25)9-16-5-4-6-17-18(16)12-28(22(17)31)19-7-8-20(29)26-21(19)30/h4-6,9,19H,7-8,10-14H2,1-3H3,(H,26,29,30). The number of piperidine rings is 1. The van der Waals surface area contributed by atoms with E-state index >= 15 is 0 Å². The molecule has 1 saturated carbocycles. The summed E-state index contributed by atoms with van der Waals surface area (Å²) in [6.07, 6.45) is 4.37. The second kappa shape index (κ2) is 7.43. The third kappa shape index (κ3) is 3.92. The maximum absolute atomic E-state index is 13.0. The molecule has 1 spiro atoms. The average Bonchev–Trinajstić information content (AvgIpc) is 2.98. The van der Waals surface area contributed by atoms with Crippen LogP contribution in [0.4, 0.5) is 4.79 Å². The Kier molecular flexibility index (Phi) is 4.88. The molecule has 8 heteroatoms. The zero-order chi connectivity index (χ0) is 23.5. The molecule has 5 rings (SSSR count). The highest BCUT2D eigenvalue weighted by molar-refractivity contribution is 6.05. The van der Waals surface area contributed by atoms with E-state index in [9.17, 15) is 19.2 Å². The van der Waals surface area contributed by atoms with Gasteiger partial charge in [-0.1, -0.05) is 23.8 Å². The molecule has 1 aromatic rings. The fraction of sp³-hybridized carbons (Fsp3) is 0.520. The van der Waals surface area contributed by atoms with Gasteiger partial charge in [-0.3, -0.25) is 19.7 Å². The second-order valence-corrected chi connectivity index (χ2v) is 10.8. The van der Waals surface area contributed by atoms with Crippen molar-refractivity contribution < 1.29 is 23.9 Å². The molecule has 0 radical (unpaired) electrons. The highest BCUT2D eigenvalue weighted by atomic mass is 16.6. The topological polar surface area (TPSA) is 96.0 Å². The number of fused-ring (bicyclic) bond motifs is 1. The number of rotatable bonds is 2. The molecule has 0 bridgehead atoms. The zero-order valence-corrected chi connectivity index (χ0v) is 19.3. The largest absolute Gasteiger partial charge is 0.444 e. The van der Waals surface area contributed by atoms with Crippen molar-refractivity contribution in [2.75, 3.05) is 13.1 Å². The van der Waals surface area contributed by atoms with Gasteiger partial charge in [0.15, 0.2) is 0 Å². The first-order chi connectivity index (χ1) is 15.5. The number of benzene rings is 1. The van der Waals surface area contributed by atoms with Gasteiger partial charge in [0, 0.05) is 37.0 Å². The van der Waals surface area contributed by atoms with Crippen LogP contribution in [0, 0.1) is 5.41 Å². The quantitative estimate of drug-likeness (QED) is 0.698. The molecule has 1 N–H and O–H groups in total. The van der Waals surface area contributed by atoms with E-state index in [-0.39, 0.29) is 29.7 Å². The summed E-state index contributed by atoms with van der Waals surface area (Å²) in [5.41, 5.74) is 3.53. The SMILES string of the molecule is CC(C)(C)OC(=O)N1CC2(CC(=Cc3cccc4c3CN(C3CCC(=O)NC3=O)C4=O)C2)C1. The number of ether oxygens (including phenoxy) is 1. The van der Waals surface area contributed by atoms with E-state index in [2.05, 4.69) is 11.4 Å². The van der Waals surface area contributed by atoms with Crippen LogP contribution >= 0.6 is 0 Å². The number of allylic oxidation sites excluding steroid dienone is 1. The molecule has 4 amide bonds. The summed E-state index contributed by atoms with van der Waals surface area (Å²) in [5.74, 6) is -0.837. The van der Waals surface area contributed by atoms with Crippen LogP contribution in [-0.4, -0.2) is 58.3 Å². The van der Waals surface area contributed by atoms with E-state index in [1.807, 2.05) is 32.9 Å². The lowest BCUT2D eigenvalue weighted by Crippen LogP contribution is -2.62. The molecule has 8 nitrogen and oxygen atoms in total. The smallest absolute Gasteiger partial charge is 0.410 e.